The summed E-state index contributed by atoms with van der Waals surface area (Å²) in [7, 11) is 5.02. The molecule has 124 valence electrons. The molecule has 0 bridgehead atoms. The van der Waals surface area contributed by atoms with Crippen molar-refractivity contribution in [2.75, 3.05) is 28.4 Å². The molecule has 1 aromatic carbocycles. The molecule has 0 saturated heterocycles. The Bertz CT molecular complexity index is 689. The number of hydrogen-bond acceptors (Lipinski definition) is 8. The third-order valence-corrected chi connectivity index (χ3v) is 3.71. The minimum atomic E-state index is -0.938. The van der Waals surface area contributed by atoms with Crippen LogP contribution in [0, 0.1) is 0 Å². The molecule has 1 heterocycles. The summed E-state index contributed by atoms with van der Waals surface area (Å²) in [5.41, 5.74) is 1.39. The van der Waals surface area contributed by atoms with Crippen molar-refractivity contribution >= 4 is 8.46 Å². The second kappa shape index (κ2) is 7.78. The van der Waals surface area contributed by atoms with Crippen LogP contribution >= 0.6 is 8.46 Å². The standard InChI is InChI=1S/C14H18N3O5P/c1-19-10-8(7-23-18)5-6-9(11(10)20-2)12-15-13(21-3)17-14(16-12)22-4/h5-6H,7,23H2,1-4H3. The van der Waals surface area contributed by atoms with Gasteiger partial charge in [0.05, 0.1) is 42.5 Å². The number of nitrogens with zero attached hydrogens (tertiary/aromatic N) is 3. The van der Waals surface area contributed by atoms with Crippen LogP contribution in [0.4, 0.5) is 0 Å². The summed E-state index contributed by atoms with van der Waals surface area (Å²) >= 11 is 0. The van der Waals surface area contributed by atoms with Crippen molar-refractivity contribution in [2.45, 2.75) is 6.16 Å². The zero-order valence-corrected chi connectivity index (χ0v) is 14.5. The van der Waals surface area contributed by atoms with Crippen LogP contribution in [0.15, 0.2) is 12.1 Å². The molecule has 0 spiro atoms. The maximum Gasteiger partial charge on any atom is 0.322 e. The Morgan fingerprint density at radius 1 is 0.870 bits per heavy atom. The molecule has 0 fully saturated rings. The highest BCUT2D eigenvalue weighted by atomic mass is 31.1. The predicted octanol–water partition coefficient (Wildman–Crippen LogP) is 1.83. The Morgan fingerprint density at radius 3 is 1.96 bits per heavy atom. The topological polar surface area (TPSA) is 92.7 Å². The lowest BCUT2D eigenvalue weighted by Crippen LogP contribution is -2.03. The first-order valence-corrected chi connectivity index (χ1v) is 7.99. The van der Waals surface area contributed by atoms with Gasteiger partial charge < -0.3 is 23.5 Å². The van der Waals surface area contributed by atoms with E-state index in [0.717, 1.165) is 5.56 Å². The van der Waals surface area contributed by atoms with Crippen LogP contribution in [0.1, 0.15) is 5.56 Å². The van der Waals surface area contributed by atoms with E-state index in [2.05, 4.69) is 15.0 Å². The zero-order valence-electron chi connectivity index (χ0n) is 13.3. The van der Waals surface area contributed by atoms with Crippen LogP contribution in [-0.4, -0.2) is 43.4 Å². The average molecular weight is 339 g/mol. The lowest BCUT2D eigenvalue weighted by Gasteiger charge is -2.15. The number of hydrogen-bond donors (Lipinski definition) is 0. The van der Waals surface area contributed by atoms with Gasteiger partial charge in [-0.15, -0.1) is 4.98 Å². The van der Waals surface area contributed by atoms with Crippen LogP contribution in [0.3, 0.4) is 0 Å². The van der Waals surface area contributed by atoms with E-state index in [9.17, 15) is 4.57 Å². The minimum Gasteiger partial charge on any atom is -0.493 e. The smallest absolute Gasteiger partial charge is 0.322 e. The van der Waals surface area contributed by atoms with E-state index < -0.39 is 8.46 Å². The summed E-state index contributed by atoms with van der Waals surface area (Å²) in [6, 6.07) is 3.84. The number of rotatable bonds is 7. The summed E-state index contributed by atoms with van der Waals surface area (Å²) in [6.45, 7) is 0. The number of benzene rings is 1. The van der Waals surface area contributed by atoms with Gasteiger partial charge in [-0.25, -0.2) is 0 Å². The van der Waals surface area contributed by atoms with Crippen molar-refractivity contribution in [1.82, 2.24) is 15.0 Å². The van der Waals surface area contributed by atoms with E-state index in [1.54, 1.807) is 6.07 Å². The molecule has 2 rings (SSSR count). The number of methoxy groups -OCH3 is 4. The fraction of sp³-hybridized carbons (Fsp3) is 0.357. The molecule has 8 nitrogen and oxygen atoms in total. The van der Waals surface area contributed by atoms with Gasteiger partial charge >= 0.3 is 12.0 Å². The fourth-order valence-corrected chi connectivity index (χ4v) is 2.60. The SMILES string of the molecule is COc1nc(OC)nc(-c2ccc(C[PH2]=O)c(OC)c2OC)n1. The highest BCUT2D eigenvalue weighted by Crippen LogP contribution is 2.40. The van der Waals surface area contributed by atoms with Crippen molar-refractivity contribution in [1.29, 1.82) is 0 Å². The molecule has 1 atom stereocenters. The van der Waals surface area contributed by atoms with Crippen molar-refractivity contribution < 1.29 is 23.5 Å². The minimum absolute atomic E-state index is 0.126. The Hall–Kier alpha value is -2.34. The molecule has 0 aliphatic rings. The van der Waals surface area contributed by atoms with E-state index in [-0.39, 0.29) is 12.0 Å². The maximum atomic E-state index is 11.0. The normalized spacial score (nSPS) is 10.8. The van der Waals surface area contributed by atoms with Gasteiger partial charge in [-0.05, 0) is 6.07 Å². The van der Waals surface area contributed by atoms with E-state index in [1.165, 1.54) is 28.4 Å². The first kappa shape index (κ1) is 17.0. The third-order valence-electron chi connectivity index (χ3n) is 3.11. The third kappa shape index (κ3) is 3.53. The Labute approximate surface area is 135 Å². The van der Waals surface area contributed by atoms with Crippen LogP contribution in [0.25, 0.3) is 11.4 Å². The molecule has 0 aliphatic heterocycles. The first-order chi connectivity index (χ1) is 11.2. The van der Waals surface area contributed by atoms with Gasteiger partial charge in [0.15, 0.2) is 17.3 Å². The molecule has 0 aliphatic carbocycles. The van der Waals surface area contributed by atoms with E-state index in [1.807, 2.05) is 6.07 Å². The molecule has 1 unspecified atom stereocenters. The molecule has 23 heavy (non-hydrogen) atoms. The molecule has 0 amide bonds. The second-order valence-electron chi connectivity index (χ2n) is 4.34. The van der Waals surface area contributed by atoms with E-state index in [0.29, 0.717) is 29.0 Å². The molecule has 0 N–H and O–H groups in total. The van der Waals surface area contributed by atoms with Crippen molar-refractivity contribution in [2.24, 2.45) is 0 Å². The predicted molar refractivity (Wildman–Crippen MR) is 85.6 cm³/mol. The van der Waals surface area contributed by atoms with Crippen molar-refractivity contribution in [3.8, 4) is 34.9 Å². The van der Waals surface area contributed by atoms with Gasteiger partial charge in [0.1, 0.15) is 0 Å². The molecule has 1 aromatic heterocycles. The molecule has 0 radical (unpaired) electrons. The Balaban J connectivity index is 2.65. The molecule has 9 heteroatoms. The fourth-order valence-electron chi connectivity index (χ4n) is 2.10. The van der Waals surface area contributed by atoms with Crippen LogP contribution in [-0.2, 0) is 10.7 Å². The van der Waals surface area contributed by atoms with Gasteiger partial charge in [-0.3, -0.25) is 0 Å². The average Bonchev–Trinajstić information content (AvgIpc) is 2.60. The van der Waals surface area contributed by atoms with Gasteiger partial charge in [0.25, 0.3) is 0 Å². The van der Waals surface area contributed by atoms with Crippen molar-refractivity contribution in [3.05, 3.63) is 17.7 Å². The Kier molecular flexibility index (Phi) is 5.76. The molecule has 2 aromatic rings. The van der Waals surface area contributed by atoms with Gasteiger partial charge in [0.2, 0.25) is 0 Å². The Morgan fingerprint density at radius 2 is 1.48 bits per heavy atom. The van der Waals surface area contributed by atoms with Crippen LogP contribution in [0.2, 0.25) is 0 Å². The molecular weight excluding hydrogens is 321 g/mol. The highest BCUT2D eigenvalue weighted by Gasteiger charge is 2.19. The summed E-state index contributed by atoms with van der Waals surface area (Å²) < 4.78 is 32.0. The molecule has 0 saturated carbocycles. The van der Waals surface area contributed by atoms with Crippen LogP contribution < -0.4 is 18.9 Å². The maximum absolute atomic E-state index is 11.0. The number of aromatic nitrogens is 3. The molecular formula is C14H18N3O5P. The van der Waals surface area contributed by atoms with Gasteiger partial charge in [0, 0.05) is 11.7 Å². The van der Waals surface area contributed by atoms with Gasteiger partial charge in [-0.2, -0.15) is 9.97 Å². The quantitative estimate of drug-likeness (QED) is 0.706. The van der Waals surface area contributed by atoms with E-state index in [4.69, 9.17) is 18.9 Å². The zero-order chi connectivity index (χ0) is 16.8. The van der Waals surface area contributed by atoms with Crippen molar-refractivity contribution in [3.63, 3.8) is 0 Å². The largest absolute Gasteiger partial charge is 0.493 e. The summed E-state index contributed by atoms with van der Waals surface area (Å²) in [5.74, 6) is 1.28. The summed E-state index contributed by atoms with van der Waals surface area (Å²) in [4.78, 5) is 12.4. The van der Waals surface area contributed by atoms with Crippen LogP contribution in [0.5, 0.6) is 23.5 Å². The summed E-state index contributed by atoms with van der Waals surface area (Å²) in [5, 5.41) is 0. The number of ether oxygens (including phenoxy) is 4. The highest BCUT2D eigenvalue weighted by molar-refractivity contribution is 7.22. The monoisotopic (exact) mass is 339 g/mol. The lowest BCUT2D eigenvalue weighted by molar-refractivity contribution is 0.339. The summed E-state index contributed by atoms with van der Waals surface area (Å²) in [6.07, 6.45) is 0.420. The van der Waals surface area contributed by atoms with Gasteiger partial charge in [-0.1, -0.05) is 6.07 Å². The second-order valence-corrected chi connectivity index (χ2v) is 5.08. The first-order valence-electron chi connectivity index (χ1n) is 6.70. The lowest BCUT2D eigenvalue weighted by atomic mass is 10.1. The van der Waals surface area contributed by atoms with E-state index >= 15 is 0 Å².